The van der Waals surface area contributed by atoms with Crippen molar-refractivity contribution in [3.05, 3.63) is 32.8 Å². The van der Waals surface area contributed by atoms with Gasteiger partial charge in [-0.25, -0.2) is 0 Å². The Morgan fingerprint density at radius 3 is 2.69 bits per heavy atom. The van der Waals surface area contributed by atoms with E-state index in [-0.39, 0.29) is 5.78 Å². The molecule has 0 unspecified atom stereocenters. The fourth-order valence-electron chi connectivity index (χ4n) is 0.927. The molecule has 1 aromatic rings. The third-order valence-electron chi connectivity index (χ3n) is 1.54. The highest BCUT2D eigenvalue weighted by Gasteiger charge is 2.10. The van der Waals surface area contributed by atoms with Gasteiger partial charge < -0.3 is 0 Å². The highest BCUT2D eigenvalue weighted by molar-refractivity contribution is 9.10. The maximum atomic E-state index is 11.1. The molecule has 0 atom stereocenters. The molecule has 0 aliphatic carbocycles. The molecule has 0 aromatic heterocycles. The van der Waals surface area contributed by atoms with Gasteiger partial charge in [-0.1, -0.05) is 11.6 Å². The number of hydrogen-bond donors (Lipinski definition) is 0. The monoisotopic (exact) mass is 257 g/mol. The first kappa shape index (κ1) is 10.2. The molecule has 4 heteroatoms. The number of benzene rings is 1. The van der Waals surface area contributed by atoms with Crippen LogP contribution in [0, 0.1) is 11.3 Å². The molecule has 1 aromatic carbocycles. The zero-order chi connectivity index (χ0) is 10.0. The topological polar surface area (TPSA) is 40.9 Å². The molecule has 0 spiro atoms. The fourth-order valence-corrected chi connectivity index (χ4v) is 1.74. The maximum Gasteiger partial charge on any atom is 0.161 e. The van der Waals surface area contributed by atoms with Crippen LogP contribution in [0.2, 0.25) is 5.02 Å². The van der Waals surface area contributed by atoms with Crippen LogP contribution in [0.5, 0.6) is 0 Å². The smallest absolute Gasteiger partial charge is 0.161 e. The minimum Gasteiger partial charge on any atom is -0.294 e. The average Bonchev–Trinajstić information content (AvgIpc) is 2.08. The number of hydrogen-bond acceptors (Lipinski definition) is 2. The Kier molecular flexibility index (Phi) is 3.07. The third-order valence-corrected chi connectivity index (χ3v) is 2.61. The van der Waals surface area contributed by atoms with E-state index in [9.17, 15) is 4.79 Å². The van der Waals surface area contributed by atoms with Gasteiger partial charge in [0, 0.05) is 15.1 Å². The maximum absolute atomic E-state index is 11.1. The first-order chi connectivity index (χ1) is 6.06. The van der Waals surface area contributed by atoms with E-state index in [4.69, 9.17) is 16.9 Å². The molecule has 0 saturated heterocycles. The normalized spacial score (nSPS) is 9.38. The van der Waals surface area contributed by atoms with Crippen LogP contribution in [0.25, 0.3) is 0 Å². The molecule has 0 N–H and O–H groups in total. The second-order valence-corrected chi connectivity index (χ2v) is 3.71. The summed E-state index contributed by atoms with van der Waals surface area (Å²) in [5, 5.41) is 9.09. The van der Waals surface area contributed by atoms with E-state index in [2.05, 4.69) is 15.9 Å². The summed E-state index contributed by atoms with van der Waals surface area (Å²) in [6.45, 7) is 1.43. The quantitative estimate of drug-likeness (QED) is 0.726. The van der Waals surface area contributed by atoms with Crippen molar-refractivity contribution in [3.8, 4) is 6.07 Å². The second-order valence-electron chi connectivity index (χ2n) is 2.48. The lowest BCUT2D eigenvalue weighted by molar-refractivity contribution is 0.101. The van der Waals surface area contributed by atoms with E-state index in [1.54, 1.807) is 0 Å². The Morgan fingerprint density at radius 2 is 2.23 bits per heavy atom. The summed E-state index contributed by atoms with van der Waals surface area (Å²) in [7, 11) is 0. The second kappa shape index (κ2) is 3.91. The van der Waals surface area contributed by atoms with Crippen LogP contribution in [-0.2, 0) is 0 Å². The van der Waals surface area contributed by atoms with Crippen molar-refractivity contribution in [2.24, 2.45) is 0 Å². The van der Waals surface area contributed by atoms with Crippen molar-refractivity contribution >= 4 is 33.3 Å². The summed E-state index contributed by atoms with van der Waals surface area (Å²) >= 11 is 8.89. The van der Waals surface area contributed by atoms with Crippen molar-refractivity contribution in [2.45, 2.75) is 6.92 Å². The van der Waals surface area contributed by atoms with E-state index in [1.807, 2.05) is 6.07 Å². The Morgan fingerprint density at radius 1 is 1.62 bits per heavy atom. The van der Waals surface area contributed by atoms with Gasteiger partial charge in [0.15, 0.2) is 5.78 Å². The molecule has 0 heterocycles. The minimum atomic E-state index is -0.120. The minimum absolute atomic E-state index is 0.120. The summed E-state index contributed by atoms with van der Waals surface area (Å²) in [6, 6.07) is 5.00. The van der Waals surface area contributed by atoms with Crippen LogP contribution in [0.4, 0.5) is 0 Å². The molecule has 0 bridgehead atoms. The molecule has 1 rings (SSSR count). The van der Waals surface area contributed by atoms with Crippen LogP contribution in [0.15, 0.2) is 16.6 Å². The van der Waals surface area contributed by atoms with Crippen LogP contribution in [0.1, 0.15) is 22.8 Å². The highest BCUT2D eigenvalue weighted by atomic mass is 79.9. The molecular formula is C9H5BrClNO. The van der Waals surface area contributed by atoms with Crippen LogP contribution in [0.3, 0.4) is 0 Å². The highest BCUT2D eigenvalue weighted by Crippen LogP contribution is 2.26. The molecule has 0 saturated carbocycles. The predicted molar refractivity (Wildman–Crippen MR) is 53.9 cm³/mol. The van der Waals surface area contributed by atoms with E-state index >= 15 is 0 Å². The van der Waals surface area contributed by atoms with Crippen molar-refractivity contribution in [2.75, 3.05) is 0 Å². The lowest BCUT2D eigenvalue weighted by atomic mass is 10.1. The Labute approximate surface area is 89.3 Å². The van der Waals surface area contributed by atoms with Gasteiger partial charge in [0.1, 0.15) is 6.07 Å². The molecule has 0 aliphatic rings. The number of nitrogens with zero attached hydrogens (tertiary/aromatic N) is 1. The number of halogens is 2. The average molecular weight is 259 g/mol. The molecule has 0 amide bonds. The van der Waals surface area contributed by atoms with Gasteiger partial charge in [0.25, 0.3) is 0 Å². The number of ketones is 1. The SMILES string of the molecule is CC(=O)c1cc(Cl)cc(C#N)c1Br. The molecule has 0 radical (unpaired) electrons. The van der Waals surface area contributed by atoms with Gasteiger partial charge in [-0.2, -0.15) is 5.26 Å². The summed E-state index contributed by atoms with van der Waals surface area (Å²) in [6.07, 6.45) is 0. The number of nitriles is 1. The Bertz CT molecular complexity index is 409. The van der Waals surface area contributed by atoms with E-state index in [1.165, 1.54) is 19.1 Å². The van der Waals surface area contributed by atoms with E-state index < -0.39 is 0 Å². The Balaban J connectivity index is 3.47. The van der Waals surface area contributed by atoms with Crippen molar-refractivity contribution < 1.29 is 4.79 Å². The molecular weight excluding hydrogens is 253 g/mol. The lowest BCUT2D eigenvalue weighted by Crippen LogP contribution is -1.95. The number of rotatable bonds is 1. The summed E-state index contributed by atoms with van der Waals surface area (Å²) < 4.78 is 0.506. The Hall–Kier alpha value is -0.850. The largest absolute Gasteiger partial charge is 0.294 e. The van der Waals surface area contributed by atoms with Gasteiger partial charge in [-0.05, 0) is 35.0 Å². The van der Waals surface area contributed by atoms with Gasteiger partial charge >= 0.3 is 0 Å². The number of carbonyl (C=O) groups is 1. The third kappa shape index (κ3) is 2.09. The molecule has 0 aliphatic heterocycles. The number of carbonyl (C=O) groups excluding carboxylic acids is 1. The van der Waals surface area contributed by atoms with Gasteiger partial charge in [-0.15, -0.1) is 0 Å². The zero-order valence-electron chi connectivity index (χ0n) is 6.77. The van der Waals surface area contributed by atoms with Crippen LogP contribution in [-0.4, -0.2) is 5.78 Å². The summed E-state index contributed by atoms with van der Waals surface area (Å²) in [5.74, 6) is -0.120. The molecule has 0 fully saturated rings. The molecule has 2 nitrogen and oxygen atoms in total. The van der Waals surface area contributed by atoms with Crippen LogP contribution < -0.4 is 0 Å². The van der Waals surface area contributed by atoms with Crippen molar-refractivity contribution in [1.82, 2.24) is 0 Å². The van der Waals surface area contributed by atoms with Crippen molar-refractivity contribution in [1.29, 1.82) is 5.26 Å². The van der Waals surface area contributed by atoms with Gasteiger partial charge in [-0.3, -0.25) is 4.79 Å². The van der Waals surface area contributed by atoms with Gasteiger partial charge in [0.2, 0.25) is 0 Å². The standard InChI is InChI=1S/C9H5BrClNO/c1-5(13)8-3-7(11)2-6(4-12)9(8)10/h2-3H,1H3. The molecule has 13 heavy (non-hydrogen) atoms. The zero-order valence-corrected chi connectivity index (χ0v) is 9.11. The summed E-state index contributed by atoms with van der Waals surface area (Å²) in [4.78, 5) is 11.1. The van der Waals surface area contributed by atoms with E-state index in [0.29, 0.717) is 20.6 Å². The molecule has 66 valence electrons. The summed E-state index contributed by atoms with van der Waals surface area (Å²) in [5.41, 5.74) is 0.807. The first-order valence-corrected chi connectivity index (χ1v) is 4.63. The van der Waals surface area contributed by atoms with E-state index in [0.717, 1.165) is 0 Å². The first-order valence-electron chi connectivity index (χ1n) is 3.46. The lowest BCUT2D eigenvalue weighted by Gasteiger charge is -2.02. The predicted octanol–water partition coefficient (Wildman–Crippen LogP) is 3.18. The van der Waals surface area contributed by atoms with Crippen LogP contribution >= 0.6 is 27.5 Å². The fraction of sp³-hybridized carbons (Fsp3) is 0.111. The number of Topliss-reactive ketones (excluding diaryl/α,β-unsaturated/α-hetero) is 1. The van der Waals surface area contributed by atoms with Gasteiger partial charge in [0.05, 0.1) is 5.56 Å². The van der Waals surface area contributed by atoms with Crippen molar-refractivity contribution in [3.63, 3.8) is 0 Å².